The topological polar surface area (TPSA) is 60.9 Å². The number of hydrogen-bond acceptors (Lipinski definition) is 3. The summed E-state index contributed by atoms with van der Waals surface area (Å²) in [5.41, 5.74) is 5.72. The molecule has 0 aliphatic carbocycles. The van der Waals surface area contributed by atoms with Crippen LogP contribution in [0.5, 0.6) is 0 Å². The summed E-state index contributed by atoms with van der Waals surface area (Å²) in [6, 6.07) is 3.41. The fourth-order valence-corrected chi connectivity index (χ4v) is 1.26. The first-order chi connectivity index (χ1) is 6.74. The molecule has 0 fully saturated rings. The standard InChI is InChI=1S/C10H17N3O/c1-2-9(11)5-4-8-13-10(14)6-3-7-12-13/h3,6-7,9H,2,4-5,8,11H2,1H3. The predicted molar refractivity (Wildman–Crippen MR) is 56.0 cm³/mol. The molecule has 1 aromatic heterocycles. The molecule has 4 nitrogen and oxygen atoms in total. The van der Waals surface area contributed by atoms with Crippen LogP contribution in [-0.4, -0.2) is 15.8 Å². The molecule has 4 heteroatoms. The quantitative estimate of drug-likeness (QED) is 0.754. The number of hydrogen-bond donors (Lipinski definition) is 1. The minimum absolute atomic E-state index is 0.0439. The molecule has 2 N–H and O–H groups in total. The summed E-state index contributed by atoms with van der Waals surface area (Å²) >= 11 is 0. The van der Waals surface area contributed by atoms with Crippen molar-refractivity contribution in [3.8, 4) is 0 Å². The smallest absolute Gasteiger partial charge is 0.266 e. The molecule has 0 aliphatic heterocycles. The molecule has 0 amide bonds. The highest BCUT2D eigenvalue weighted by molar-refractivity contribution is 4.84. The number of nitrogens with zero attached hydrogens (tertiary/aromatic N) is 2. The van der Waals surface area contributed by atoms with Crippen molar-refractivity contribution in [2.24, 2.45) is 5.73 Å². The van der Waals surface area contributed by atoms with Gasteiger partial charge in [0.1, 0.15) is 0 Å². The number of aryl methyl sites for hydroxylation is 1. The highest BCUT2D eigenvalue weighted by Gasteiger charge is 2.00. The van der Waals surface area contributed by atoms with Crippen LogP contribution in [0, 0.1) is 0 Å². The zero-order valence-electron chi connectivity index (χ0n) is 8.52. The van der Waals surface area contributed by atoms with Gasteiger partial charge in [0.2, 0.25) is 0 Å². The Morgan fingerprint density at radius 1 is 1.64 bits per heavy atom. The van der Waals surface area contributed by atoms with Gasteiger partial charge in [-0.1, -0.05) is 6.92 Å². The molecule has 1 heterocycles. The first-order valence-corrected chi connectivity index (χ1v) is 5.01. The maximum absolute atomic E-state index is 11.2. The van der Waals surface area contributed by atoms with Gasteiger partial charge in [-0.3, -0.25) is 4.79 Å². The third-order valence-electron chi connectivity index (χ3n) is 2.25. The van der Waals surface area contributed by atoms with Crippen LogP contribution in [0.3, 0.4) is 0 Å². The first-order valence-electron chi connectivity index (χ1n) is 5.01. The summed E-state index contributed by atoms with van der Waals surface area (Å²) in [6.45, 7) is 2.73. The Morgan fingerprint density at radius 3 is 3.07 bits per heavy atom. The molecular weight excluding hydrogens is 178 g/mol. The van der Waals surface area contributed by atoms with Gasteiger partial charge in [0.15, 0.2) is 0 Å². The maximum Gasteiger partial charge on any atom is 0.266 e. The van der Waals surface area contributed by atoms with E-state index in [1.165, 1.54) is 10.7 Å². The molecule has 1 rings (SSSR count). The maximum atomic E-state index is 11.2. The second kappa shape index (κ2) is 5.54. The van der Waals surface area contributed by atoms with Gasteiger partial charge in [-0.2, -0.15) is 5.10 Å². The van der Waals surface area contributed by atoms with Crippen molar-refractivity contribution in [2.75, 3.05) is 0 Å². The SMILES string of the molecule is CCC(N)CCCn1ncccc1=O. The third kappa shape index (κ3) is 3.30. The van der Waals surface area contributed by atoms with E-state index in [0.29, 0.717) is 6.54 Å². The lowest BCUT2D eigenvalue weighted by atomic mass is 10.1. The summed E-state index contributed by atoms with van der Waals surface area (Å²) in [5.74, 6) is 0. The molecule has 0 bridgehead atoms. The Hall–Kier alpha value is -1.16. The normalized spacial score (nSPS) is 12.7. The summed E-state index contributed by atoms with van der Waals surface area (Å²) < 4.78 is 1.47. The van der Waals surface area contributed by atoms with E-state index in [0.717, 1.165) is 19.3 Å². The first kappa shape index (κ1) is 10.9. The van der Waals surface area contributed by atoms with Gasteiger partial charge in [0.05, 0.1) is 0 Å². The van der Waals surface area contributed by atoms with Gasteiger partial charge in [0, 0.05) is 24.8 Å². The average Bonchev–Trinajstić information content (AvgIpc) is 2.20. The van der Waals surface area contributed by atoms with Crippen molar-refractivity contribution < 1.29 is 0 Å². The van der Waals surface area contributed by atoms with Gasteiger partial charge < -0.3 is 5.73 Å². The lowest BCUT2D eigenvalue weighted by Gasteiger charge is -2.08. The van der Waals surface area contributed by atoms with Gasteiger partial charge in [0.25, 0.3) is 5.56 Å². The zero-order chi connectivity index (χ0) is 10.4. The van der Waals surface area contributed by atoms with Crippen LogP contribution in [0.2, 0.25) is 0 Å². The third-order valence-corrected chi connectivity index (χ3v) is 2.25. The van der Waals surface area contributed by atoms with E-state index in [1.54, 1.807) is 12.3 Å². The van der Waals surface area contributed by atoms with Crippen LogP contribution in [-0.2, 0) is 6.54 Å². The van der Waals surface area contributed by atoms with Crippen LogP contribution in [0.15, 0.2) is 23.1 Å². The predicted octanol–water partition coefficient (Wildman–Crippen LogP) is 0.761. The lowest BCUT2D eigenvalue weighted by molar-refractivity contribution is 0.487. The van der Waals surface area contributed by atoms with E-state index < -0.39 is 0 Å². The Balaban J connectivity index is 2.39. The van der Waals surface area contributed by atoms with Crippen molar-refractivity contribution in [1.82, 2.24) is 9.78 Å². The molecule has 1 unspecified atom stereocenters. The molecule has 0 aromatic carbocycles. The van der Waals surface area contributed by atoms with Crippen molar-refractivity contribution in [2.45, 2.75) is 38.8 Å². The van der Waals surface area contributed by atoms with Gasteiger partial charge >= 0.3 is 0 Å². The summed E-state index contributed by atoms with van der Waals surface area (Å²) in [5, 5.41) is 3.96. The van der Waals surface area contributed by atoms with Crippen LogP contribution in [0.25, 0.3) is 0 Å². The Kier molecular flexibility index (Phi) is 4.32. The number of aromatic nitrogens is 2. The molecule has 14 heavy (non-hydrogen) atoms. The van der Waals surface area contributed by atoms with Crippen molar-refractivity contribution in [1.29, 1.82) is 0 Å². The molecule has 0 saturated heterocycles. The molecule has 1 atom stereocenters. The van der Waals surface area contributed by atoms with E-state index in [4.69, 9.17) is 5.73 Å². The van der Waals surface area contributed by atoms with Crippen molar-refractivity contribution in [3.63, 3.8) is 0 Å². The van der Waals surface area contributed by atoms with Gasteiger partial charge in [-0.05, 0) is 25.3 Å². The molecule has 0 radical (unpaired) electrons. The van der Waals surface area contributed by atoms with Crippen LogP contribution >= 0.6 is 0 Å². The largest absolute Gasteiger partial charge is 0.328 e. The summed E-state index contributed by atoms with van der Waals surface area (Å²) in [4.78, 5) is 11.2. The van der Waals surface area contributed by atoms with Gasteiger partial charge in [-0.25, -0.2) is 4.68 Å². The molecule has 0 aliphatic rings. The van der Waals surface area contributed by atoms with E-state index in [2.05, 4.69) is 12.0 Å². The highest BCUT2D eigenvalue weighted by Crippen LogP contribution is 1.98. The summed E-state index contributed by atoms with van der Waals surface area (Å²) in [6.07, 6.45) is 4.46. The van der Waals surface area contributed by atoms with E-state index >= 15 is 0 Å². The molecule has 0 saturated carbocycles. The van der Waals surface area contributed by atoms with Crippen LogP contribution in [0.1, 0.15) is 26.2 Å². The molecule has 1 aromatic rings. The molecule has 0 spiro atoms. The summed E-state index contributed by atoms with van der Waals surface area (Å²) in [7, 11) is 0. The number of rotatable bonds is 5. The van der Waals surface area contributed by atoms with E-state index in [9.17, 15) is 4.79 Å². The monoisotopic (exact) mass is 195 g/mol. The minimum Gasteiger partial charge on any atom is -0.328 e. The van der Waals surface area contributed by atoms with Gasteiger partial charge in [-0.15, -0.1) is 0 Å². The van der Waals surface area contributed by atoms with Crippen molar-refractivity contribution >= 4 is 0 Å². The van der Waals surface area contributed by atoms with E-state index in [-0.39, 0.29) is 11.6 Å². The minimum atomic E-state index is -0.0439. The fourth-order valence-electron chi connectivity index (χ4n) is 1.26. The van der Waals surface area contributed by atoms with Crippen LogP contribution < -0.4 is 11.3 Å². The Morgan fingerprint density at radius 2 is 2.43 bits per heavy atom. The second-order valence-corrected chi connectivity index (χ2v) is 3.40. The molecular formula is C10H17N3O. The van der Waals surface area contributed by atoms with E-state index in [1.807, 2.05) is 0 Å². The Bertz CT molecular complexity index is 321. The second-order valence-electron chi connectivity index (χ2n) is 3.40. The Labute approximate surface area is 83.7 Å². The lowest BCUT2D eigenvalue weighted by Crippen LogP contribution is -2.23. The van der Waals surface area contributed by atoms with Crippen LogP contribution in [0.4, 0.5) is 0 Å². The molecule has 78 valence electrons. The fraction of sp³-hybridized carbons (Fsp3) is 0.600. The highest BCUT2D eigenvalue weighted by atomic mass is 16.1. The zero-order valence-corrected chi connectivity index (χ0v) is 8.52. The number of nitrogens with two attached hydrogens (primary N) is 1. The van der Waals surface area contributed by atoms with Crippen molar-refractivity contribution in [3.05, 3.63) is 28.7 Å². The average molecular weight is 195 g/mol.